The Hall–Kier alpha value is -1.56. The Morgan fingerprint density at radius 3 is 2.53 bits per heavy atom. The average Bonchev–Trinajstić information content (AvgIpc) is 2.31. The maximum Gasteiger partial charge on any atom is 0.326 e. The molecule has 1 atom stereocenters. The van der Waals surface area contributed by atoms with Crippen molar-refractivity contribution in [3.8, 4) is 0 Å². The molecule has 104 valence electrons. The summed E-state index contributed by atoms with van der Waals surface area (Å²) in [5.74, 6) is -1.27. The molecule has 0 saturated carbocycles. The molecular weight excluding hydrogens is 312 g/mol. The molecule has 0 spiro atoms. The smallest absolute Gasteiger partial charge is 0.326 e. The van der Waals surface area contributed by atoms with E-state index in [9.17, 15) is 9.59 Å². The molecule has 0 bridgehead atoms. The molecule has 0 aromatic heterocycles. The lowest BCUT2D eigenvalue weighted by atomic mass is 10.0. The minimum atomic E-state index is -1.03. The topological polar surface area (TPSA) is 92.4 Å². The zero-order valence-electron chi connectivity index (χ0n) is 10.8. The first-order valence-electron chi connectivity index (χ1n) is 5.90. The number of halogens is 1. The number of aliphatic carboxylic acids is 1. The predicted molar refractivity (Wildman–Crippen MR) is 76.9 cm³/mol. The number of amides is 1. The summed E-state index contributed by atoms with van der Waals surface area (Å²) in [6.45, 7) is 3.81. The van der Waals surface area contributed by atoms with E-state index >= 15 is 0 Å². The number of nitrogens with one attached hydrogen (secondary N) is 1. The first kappa shape index (κ1) is 15.5. The highest BCUT2D eigenvalue weighted by atomic mass is 79.9. The molecule has 0 aliphatic rings. The molecule has 1 aromatic rings. The van der Waals surface area contributed by atoms with Crippen LogP contribution in [0.5, 0.6) is 0 Å². The average molecular weight is 329 g/mol. The summed E-state index contributed by atoms with van der Waals surface area (Å²) in [7, 11) is 0. The monoisotopic (exact) mass is 328 g/mol. The van der Waals surface area contributed by atoms with Gasteiger partial charge in [0, 0.05) is 15.7 Å². The molecule has 1 amide bonds. The summed E-state index contributed by atoms with van der Waals surface area (Å²) < 4.78 is 0.607. The lowest BCUT2D eigenvalue weighted by Crippen LogP contribution is -2.41. The van der Waals surface area contributed by atoms with Crippen molar-refractivity contribution in [2.45, 2.75) is 26.3 Å². The van der Waals surface area contributed by atoms with Crippen LogP contribution in [0, 0.1) is 5.92 Å². The zero-order valence-corrected chi connectivity index (χ0v) is 12.4. The molecule has 0 fully saturated rings. The van der Waals surface area contributed by atoms with E-state index < -0.39 is 17.9 Å². The second kappa shape index (κ2) is 6.56. The van der Waals surface area contributed by atoms with Crippen molar-refractivity contribution in [1.29, 1.82) is 0 Å². The van der Waals surface area contributed by atoms with E-state index in [1.54, 1.807) is 18.2 Å². The highest BCUT2D eigenvalue weighted by molar-refractivity contribution is 9.10. The van der Waals surface area contributed by atoms with Crippen LogP contribution < -0.4 is 11.1 Å². The molecule has 5 nitrogen and oxygen atoms in total. The van der Waals surface area contributed by atoms with Crippen LogP contribution in [0.25, 0.3) is 0 Å². The van der Waals surface area contributed by atoms with E-state index in [1.165, 1.54) is 0 Å². The summed E-state index contributed by atoms with van der Waals surface area (Å²) in [5.41, 5.74) is 6.52. The minimum Gasteiger partial charge on any atom is -0.480 e. The number of anilines is 1. The number of nitrogens with two attached hydrogens (primary N) is 1. The number of carbonyl (C=O) groups excluding carboxylic acids is 1. The summed E-state index contributed by atoms with van der Waals surface area (Å²) >= 11 is 3.23. The van der Waals surface area contributed by atoms with Crippen molar-refractivity contribution < 1.29 is 14.7 Å². The summed E-state index contributed by atoms with van der Waals surface area (Å²) in [4.78, 5) is 23.0. The van der Waals surface area contributed by atoms with Gasteiger partial charge in [0.05, 0.1) is 0 Å². The molecular formula is C13H17BrN2O3. The number of benzene rings is 1. The first-order valence-corrected chi connectivity index (χ1v) is 6.69. The van der Waals surface area contributed by atoms with Gasteiger partial charge in [0.1, 0.15) is 6.04 Å². The molecule has 1 aromatic carbocycles. The Morgan fingerprint density at radius 2 is 2.05 bits per heavy atom. The van der Waals surface area contributed by atoms with Gasteiger partial charge in [-0.1, -0.05) is 13.8 Å². The fraction of sp³-hybridized carbons (Fsp3) is 0.385. The standard InChI is InChI=1S/C13H17BrN2O3/c1-7(2)5-11(13(18)19)16-12(17)8-3-4-10(15)9(14)6-8/h3-4,6-7,11H,5,15H2,1-2H3,(H,16,17)(H,18,19)/t11-/m0/s1. The number of carbonyl (C=O) groups is 2. The molecule has 4 N–H and O–H groups in total. The van der Waals surface area contributed by atoms with Gasteiger partial charge in [-0.05, 0) is 46.5 Å². The van der Waals surface area contributed by atoms with Crippen molar-refractivity contribution >= 4 is 33.5 Å². The molecule has 0 aliphatic carbocycles. The predicted octanol–water partition coefficient (Wildman–Crippen LogP) is 2.26. The molecule has 0 heterocycles. The quantitative estimate of drug-likeness (QED) is 0.723. The van der Waals surface area contributed by atoms with Gasteiger partial charge >= 0.3 is 5.97 Å². The van der Waals surface area contributed by atoms with Crippen LogP contribution in [-0.4, -0.2) is 23.0 Å². The SMILES string of the molecule is CC(C)C[C@H](NC(=O)c1ccc(N)c(Br)c1)C(=O)O. The lowest BCUT2D eigenvalue weighted by molar-refractivity contribution is -0.139. The van der Waals surface area contributed by atoms with Crippen LogP contribution >= 0.6 is 15.9 Å². The Bertz CT molecular complexity index is 489. The third-order valence-corrected chi connectivity index (χ3v) is 3.26. The van der Waals surface area contributed by atoms with Gasteiger partial charge < -0.3 is 16.2 Å². The van der Waals surface area contributed by atoms with Crippen LogP contribution in [0.4, 0.5) is 5.69 Å². The highest BCUT2D eigenvalue weighted by Gasteiger charge is 2.21. The molecule has 0 radical (unpaired) electrons. The van der Waals surface area contributed by atoms with Gasteiger partial charge in [-0.15, -0.1) is 0 Å². The van der Waals surface area contributed by atoms with Gasteiger partial charge in [0.15, 0.2) is 0 Å². The van der Waals surface area contributed by atoms with E-state index in [0.717, 1.165) is 0 Å². The van der Waals surface area contributed by atoms with Gasteiger partial charge in [-0.2, -0.15) is 0 Å². The Balaban J connectivity index is 2.81. The van der Waals surface area contributed by atoms with Crippen LogP contribution in [0.1, 0.15) is 30.6 Å². The maximum absolute atomic E-state index is 12.0. The molecule has 1 rings (SSSR count). The van der Waals surface area contributed by atoms with Crippen molar-refractivity contribution in [2.24, 2.45) is 5.92 Å². The van der Waals surface area contributed by atoms with Gasteiger partial charge in [-0.25, -0.2) is 4.79 Å². The van der Waals surface area contributed by atoms with E-state index in [2.05, 4.69) is 21.2 Å². The van der Waals surface area contributed by atoms with E-state index in [0.29, 0.717) is 22.1 Å². The zero-order chi connectivity index (χ0) is 14.6. The Morgan fingerprint density at radius 1 is 1.42 bits per heavy atom. The van der Waals surface area contributed by atoms with Crippen LogP contribution in [-0.2, 0) is 4.79 Å². The number of rotatable bonds is 5. The highest BCUT2D eigenvalue weighted by Crippen LogP contribution is 2.20. The third-order valence-electron chi connectivity index (χ3n) is 2.57. The fourth-order valence-corrected chi connectivity index (χ4v) is 1.98. The van der Waals surface area contributed by atoms with Crippen LogP contribution in [0.15, 0.2) is 22.7 Å². The third kappa shape index (κ3) is 4.55. The maximum atomic E-state index is 12.0. The number of carboxylic acid groups (broad SMARTS) is 1. The summed E-state index contributed by atoms with van der Waals surface area (Å²) in [6.07, 6.45) is 0.386. The van der Waals surface area contributed by atoms with Crippen molar-refractivity contribution in [2.75, 3.05) is 5.73 Å². The van der Waals surface area contributed by atoms with E-state index in [4.69, 9.17) is 10.8 Å². The largest absolute Gasteiger partial charge is 0.480 e. The number of hydrogen-bond acceptors (Lipinski definition) is 3. The van der Waals surface area contributed by atoms with Crippen molar-refractivity contribution in [1.82, 2.24) is 5.32 Å². The van der Waals surface area contributed by atoms with Crippen LogP contribution in [0.2, 0.25) is 0 Å². The second-order valence-electron chi connectivity index (χ2n) is 4.73. The molecule has 0 aliphatic heterocycles. The molecule has 0 saturated heterocycles. The number of hydrogen-bond donors (Lipinski definition) is 3. The van der Waals surface area contributed by atoms with Gasteiger partial charge in [0.25, 0.3) is 5.91 Å². The van der Waals surface area contributed by atoms with Gasteiger partial charge in [0.2, 0.25) is 0 Å². The van der Waals surface area contributed by atoms with E-state index in [-0.39, 0.29) is 5.92 Å². The minimum absolute atomic E-state index is 0.180. The van der Waals surface area contributed by atoms with Crippen LogP contribution in [0.3, 0.4) is 0 Å². The summed E-state index contributed by atoms with van der Waals surface area (Å²) in [5, 5.41) is 11.6. The first-order chi connectivity index (χ1) is 8.81. The van der Waals surface area contributed by atoms with Crippen molar-refractivity contribution in [3.05, 3.63) is 28.2 Å². The number of carboxylic acids is 1. The normalized spacial score (nSPS) is 12.2. The van der Waals surface area contributed by atoms with Gasteiger partial charge in [-0.3, -0.25) is 4.79 Å². The van der Waals surface area contributed by atoms with Crippen molar-refractivity contribution in [3.63, 3.8) is 0 Å². The Kier molecular flexibility index (Phi) is 5.35. The second-order valence-corrected chi connectivity index (χ2v) is 5.58. The molecule has 6 heteroatoms. The summed E-state index contributed by atoms with van der Waals surface area (Å²) in [6, 6.07) is 3.84. The lowest BCUT2D eigenvalue weighted by Gasteiger charge is -2.16. The number of nitrogen functional groups attached to an aromatic ring is 1. The van der Waals surface area contributed by atoms with E-state index in [1.807, 2.05) is 13.8 Å². The Labute approximate surface area is 120 Å². The molecule has 19 heavy (non-hydrogen) atoms. The molecule has 0 unspecified atom stereocenters. The fourth-order valence-electron chi connectivity index (χ4n) is 1.60.